The Morgan fingerprint density at radius 3 is 1.84 bits per heavy atom. The molecule has 1 atom stereocenters. The molecule has 2 aromatic carbocycles. The first kappa shape index (κ1) is 28.3. The highest BCUT2D eigenvalue weighted by atomic mass is 19.1. The van der Waals surface area contributed by atoms with Crippen molar-refractivity contribution in [2.75, 3.05) is 28.2 Å². The first-order chi connectivity index (χ1) is 18.0. The Kier molecular flexibility index (Phi) is 8.63. The van der Waals surface area contributed by atoms with Gasteiger partial charge in [0, 0.05) is 42.3 Å². The van der Waals surface area contributed by atoms with Crippen LogP contribution in [0.2, 0.25) is 0 Å². The number of hydrogen-bond donors (Lipinski definition) is 1. The van der Waals surface area contributed by atoms with Crippen LogP contribution in [-0.2, 0) is 25.9 Å². The van der Waals surface area contributed by atoms with E-state index >= 15 is 0 Å². The monoisotopic (exact) mass is 522 g/mol. The number of aromatic nitrogens is 2. The zero-order valence-electron chi connectivity index (χ0n) is 24.3. The molecule has 4 nitrogen and oxygen atoms in total. The van der Waals surface area contributed by atoms with E-state index in [-0.39, 0.29) is 11.6 Å². The summed E-state index contributed by atoms with van der Waals surface area (Å²) in [7, 11) is 7.94. The third-order valence-corrected chi connectivity index (χ3v) is 7.78. The molecule has 2 aliphatic rings. The summed E-state index contributed by atoms with van der Waals surface area (Å²) in [6, 6.07) is 7.24. The van der Waals surface area contributed by atoms with Crippen LogP contribution in [0.4, 0.5) is 8.78 Å². The van der Waals surface area contributed by atoms with Crippen molar-refractivity contribution < 1.29 is 8.78 Å². The summed E-state index contributed by atoms with van der Waals surface area (Å²) in [4.78, 5) is 2.23. The van der Waals surface area contributed by atoms with Crippen LogP contribution in [0, 0.1) is 11.6 Å². The minimum atomic E-state index is -0.110. The maximum atomic E-state index is 13.9. The highest BCUT2D eigenvalue weighted by molar-refractivity contribution is 5.88. The molecule has 0 saturated carbocycles. The van der Waals surface area contributed by atoms with E-state index in [0.717, 1.165) is 48.7 Å². The molecular weight excluding hydrogens is 478 g/mol. The average Bonchev–Trinajstić information content (AvgIpc) is 3.40. The Morgan fingerprint density at radius 1 is 0.816 bits per heavy atom. The number of aryl methyl sites for hydroxylation is 2. The lowest BCUT2D eigenvalue weighted by molar-refractivity contribution is 0.258. The maximum absolute atomic E-state index is 13.9. The number of nitrogens with zero attached hydrogens (tertiary/aromatic N) is 3. The van der Waals surface area contributed by atoms with Gasteiger partial charge in [0.05, 0.1) is 11.0 Å². The first-order valence-corrected chi connectivity index (χ1v) is 13.9. The molecule has 6 heteroatoms. The van der Waals surface area contributed by atoms with Crippen molar-refractivity contribution in [3.8, 4) is 0 Å². The smallest absolute Gasteiger partial charge is 0.124 e. The normalized spacial score (nSPS) is 16.2. The summed E-state index contributed by atoms with van der Waals surface area (Å²) in [5.74, 6) is 0.677. The van der Waals surface area contributed by atoms with Crippen molar-refractivity contribution in [1.29, 1.82) is 0 Å². The van der Waals surface area contributed by atoms with E-state index in [4.69, 9.17) is 0 Å². The summed E-state index contributed by atoms with van der Waals surface area (Å²) in [5, 5.41) is 4.96. The maximum Gasteiger partial charge on any atom is 0.124 e. The fourth-order valence-corrected chi connectivity index (χ4v) is 5.95. The summed E-state index contributed by atoms with van der Waals surface area (Å²) in [6.07, 6.45) is 7.49. The topological polar surface area (TPSA) is 25.1 Å². The van der Waals surface area contributed by atoms with Gasteiger partial charge in [-0.3, -0.25) is 0 Å². The fourth-order valence-electron chi connectivity index (χ4n) is 5.95. The van der Waals surface area contributed by atoms with Crippen molar-refractivity contribution in [3.63, 3.8) is 0 Å². The van der Waals surface area contributed by atoms with Crippen LogP contribution in [0.3, 0.4) is 0 Å². The van der Waals surface area contributed by atoms with Crippen molar-refractivity contribution >= 4 is 21.8 Å². The van der Waals surface area contributed by atoms with Gasteiger partial charge in [0.25, 0.3) is 0 Å². The Bertz CT molecular complexity index is 1410. The van der Waals surface area contributed by atoms with Crippen LogP contribution < -0.4 is 5.32 Å². The molecule has 38 heavy (non-hydrogen) atoms. The minimum absolute atomic E-state index is 0.0935. The number of benzene rings is 2. The van der Waals surface area contributed by atoms with E-state index in [9.17, 15) is 8.78 Å². The average molecular weight is 523 g/mol. The molecule has 0 fully saturated rings. The fraction of sp³-hybridized carbons (Fsp3) is 0.500. The first-order valence-electron chi connectivity index (χ1n) is 13.9. The quantitative estimate of drug-likeness (QED) is 0.311. The summed E-state index contributed by atoms with van der Waals surface area (Å²) < 4.78 is 32.0. The minimum Gasteiger partial charge on any atom is -0.347 e. The van der Waals surface area contributed by atoms with Crippen LogP contribution >= 0.6 is 0 Å². The third kappa shape index (κ3) is 5.52. The second-order valence-corrected chi connectivity index (χ2v) is 11.7. The van der Waals surface area contributed by atoms with Gasteiger partial charge in [-0.25, -0.2) is 8.78 Å². The molecule has 2 aromatic heterocycles. The van der Waals surface area contributed by atoms with Gasteiger partial charge in [0.15, 0.2) is 0 Å². The van der Waals surface area contributed by atoms with Crippen LogP contribution in [0.5, 0.6) is 0 Å². The van der Waals surface area contributed by atoms with Gasteiger partial charge in [0.1, 0.15) is 11.6 Å². The molecule has 206 valence electrons. The van der Waals surface area contributed by atoms with E-state index in [1.807, 2.05) is 14.1 Å². The molecule has 1 unspecified atom stereocenters. The predicted molar refractivity (Wildman–Crippen MR) is 156 cm³/mol. The highest BCUT2D eigenvalue weighted by Crippen LogP contribution is 2.35. The molecule has 6 rings (SSSR count). The van der Waals surface area contributed by atoms with Gasteiger partial charge in [-0.2, -0.15) is 0 Å². The summed E-state index contributed by atoms with van der Waals surface area (Å²) >= 11 is 0. The Balaban J connectivity index is 0.000000162. The SMILES string of the molecule is CC(C)c1cn2c3c(cc(F)cc13)CC(N(C)C)C2.CC(C)c1cn2c3c(cc(F)cc13)CCC2.CNC. The van der Waals surface area contributed by atoms with Crippen molar-refractivity contribution in [2.24, 2.45) is 0 Å². The number of hydrogen-bond acceptors (Lipinski definition) is 2. The van der Waals surface area contributed by atoms with E-state index in [1.165, 1.54) is 27.7 Å². The Hall–Kier alpha value is -2.70. The zero-order valence-corrected chi connectivity index (χ0v) is 24.3. The molecule has 1 N–H and O–H groups in total. The Morgan fingerprint density at radius 2 is 1.32 bits per heavy atom. The molecule has 0 radical (unpaired) electrons. The predicted octanol–water partition coefficient (Wildman–Crippen LogP) is 7.08. The molecular formula is C32H44F2N4. The van der Waals surface area contributed by atoms with Crippen LogP contribution in [0.15, 0.2) is 36.7 Å². The van der Waals surface area contributed by atoms with Gasteiger partial charge < -0.3 is 19.4 Å². The second-order valence-electron chi connectivity index (χ2n) is 11.7. The third-order valence-electron chi connectivity index (χ3n) is 7.78. The van der Waals surface area contributed by atoms with Gasteiger partial charge in [-0.1, -0.05) is 27.7 Å². The molecule has 2 aliphatic heterocycles. The van der Waals surface area contributed by atoms with Crippen molar-refractivity contribution in [3.05, 3.63) is 70.5 Å². The molecule has 4 aromatic rings. The largest absolute Gasteiger partial charge is 0.347 e. The molecule has 0 saturated heterocycles. The second kappa shape index (κ2) is 11.6. The Labute approximate surface area is 226 Å². The lowest BCUT2D eigenvalue weighted by Crippen LogP contribution is -2.36. The van der Waals surface area contributed by atoms with Crippen LogP contribution in [0.25, 0.3) is 21.8 Å². The van der Waals surface area contributed by atoms with E-state index < -0.39 is 0 Å². The summed E-state index contributed by atoms with van der Waals surface area (Å²) in [6.45, 7) is 10.7. The standard InChI is InChI=1S/C16H21FN2.C14H16FN.C2H7N/c1-10(2)15-9-19-8-13(18(3)4)6-11-5-12(17)7-14(15)16(11)19;1-9(2)13-8-16-5-3-4-10-6-11(15)7-12(13)14(10)16;1-3-2/h5,7,9-10,13H,6,8H2,1-4H3;6-9H,3-5H2,1-2H3;3H,1-2H3. The number of likely N-dealkylation sites (N-methyl/N-ethyl adjacent to an activating group) is 1. The molecule has 0 amide bonds. The van der Waals surface area contributed by atoms with Gasteiger partial charge in [-0.15, -0.1) is 0 Å². The lowest BCUT2D eigenvalue weighted by atomic mass is 9.96. The van der Waals surface area contributed by atoms with Crippen LogP contribution in [0.1, 0.15) is 68.2 Å². The van der Waals surface area contributed by atoms with Gasteiger partial charge >= 0.3 is 0 Å². The van der Waals surface area contributed by atoms with Gasteiger partial charge in [0.2, 0.25) is 0 Å². The number of nitrogens with one attached hydrogen (secondary N) is 1. The lowest BCUT2D eigenvalue weighted by Gasteiger charge is -2.29. The number of rotatable bonds is 3. The van der Waals surface area contributed by atoms with E-state index in [2.05, 4.69) is 73.5 Å². The van der Waals surface area contributed by atoms with E-state index in [1.54, 1.807) is 24.3 Å². The molecule has 4 heterocycles. The number of halogens is 2. The molecule has 0 bridgehead atoms. The van der Waals surface area contributed by atoms with Crippen LogP contribution in [-0.4, -0.2) is 48.3 Å². The molecule has 0 spiro atoms. The van der Waals surface area contributed by atoms with Crippen molar-refractivity contribution in [2.45, 2.75) is 77.9 Å². The summed E-state index contributed by atoms with van der Waals surface area (Å²) in [5.41, 5.74) is 7.35. The zero-order chi connectivity index (χ0) is 27.7. The van der Waals surface area contributed by atoms with Gasteiger partial charge in [-0.05, 0) is 106 Å². The highest BCUT2D eigenvalue weighted by Gasteiger charge is 2.25. The van der Waals surface area contributed by atoms with E-state index in [0.29, 0.717) is 17.9 Å². The molecule has 0 aliphatic carbocycles. The van der Waals surface area contributed by atoms with Crippen molar-refractivity contribution in [1.82, 2.24) is 19.4 Å².